The Morgan fingerprint density at radius 3 is 2.76 bits per heavy atom. The molecule has 3 heterocycles. The summed E-state index contributed by atoms with van der Waals surface area (Å²) in [6, 6.07) is 5.26. The number of halogens is 1. The average molecular weight is 352 g/mol. The monoisotopic (exact) mass is 351 g/mol. The molecule has 4 nitrogen and oxygen atoms in total. The Labute approximate surface area is 134 Å². The number of carbonyl (C=O) groups is 1. The first-order valence-electron chi connectivity index (χ1n) is 7.86. The van der Waals surface area contributed by atoms with Crippen LogP contribution >= 0.6 is 15.9 Å². The van der Waals surface area contributed by atoms with Crippen molar-refractivity contribution in [3.8, 4) is 0 Å². The lowest BCUT2D eigenvalue weighted by atomic mass is 9.97. The van der Waals surface area contributed by atoms with Gasteiger partial charge in [-0.1, -0.05) is 6.92 Å². The average Bonchev–Trinajstić information content (AvgIpc) is 2.83. The van der Waals surface area contributed by atoms with Crippen LogP contribution in [0.1, 0.15) is 49.5 Å². The van der Waals surface area contributed by atoms with Crippen LogP contribution in [0.25, 0.3) is 0 Å². The summed E-state index contributed by atoms with van der Waals surface area (Å²) in [6.45, 7) is 2.94. The van der Waals surface area contributed by atoms with E-state index in [9.17, 15) is 4.79 Å². The minimum Gasteiger partial charge on any atom is -0.334 e. The van der Waals surface area contributed by atoms with Crippen LogP contribution in [-0.2, 0) is 0 Å². The molecule has 0 radical (unpaired) electrons. The number of amides is 1. The van der Waals surface area contributed by atoms with Crippen molar-refractivity contribution in [2.45, 2.75) is 57.2 Å². The Balaban J connectivity index is 1.81. The van der Waals surface area contributed by atoms with Crippen molar-refractivity contribution >= 4 is 21.8 Å². The molecule has 1 N–H and O–H groups in total. The zero-order chi connectivity index (χ0) is 14.8. The summed E-state index contributed by atoms with van der Waals surface area (Å²) >= 11 is 3.45. The highest BCUT2D eigenvalue weighted by Gasteiger charge is 2.38. The molecule has 1 amide bonds. The Hall–Kier alpha value is -0.940. The van der Waals surface area contributed by atoms with Crippen LogP contribution in [0.5, 0.6) is 0 Å². The van der Waals surface area contributed by atoms with Gasteiger partial charge in [-0.25, -0.2) is 4.98 Å². The normalized spacial score (nSPS) is 27.6. The summed E-state index contributed by atoms with van der Waals surface area (Å²) in [5.74, 6) is 0.0654. The third-order valence-corrected chi connectivity index (χ3v) is 5.22. The van der Waals surface area contributed by atoms with Crippen LogP contribution in [0.15, 0.2) is 22.8 Å². The van der Waals surface area contributed by atoms with Gasteiger partial charge in [0.05, 0.1) is 0 Å². The highest BCUT2D eigenvalue weighted by molar-refractivity contribution is 9.10. The highest BCUT2D eigenvalue weighted by Crippen LogP contribution is 2.31. The Morgan fingerprint density at radius 1 is 1.43 bits per heavy atom. The predicted octanol–water partition coefficient (Wildman–Crippen LogP) is 2.98. The number of aromatic nitrogens is 1. The molecule has 0 aliphatic carbocycles. The zero-order valence-electron chi connectivity index (χ0n) is 12.4. The molecule has 2 bridgehead atoms. The standard InChI is InChI=1S/C16H22BrN3O/c1-2-8-20(13-9-11-5-6-12(10-13)19-11)16(21)15-14(17)4-3-7-18-15/h3-4,7,11-13,19H,2,5-6,8-10H2,1H3. The van der Waals surface area contributed by atoms with Gasteiger partial charge in [-0.05, 0) is 60.2 Å². The van der Waals surface area contributed by atoms with E-state index >= 15 is 0 Å². The van der Waals surface area contributed by atoms with E-state index in [-0.39, 0.29) is 5.91 Å². The number of piperidine rings is 1. The van der Waals surface area contributed by atoms with E-state index in [2.05, 4.69) is 38.1 Å². The molecule has 0 spiro atoms. The Morgan fingerprint density at radius 2 is 2.14 bits per heavy atom. The van der Waals surface area contributed by atoms with Crippen LogP contribution in [-0.4, -0.2) is 40.5 Å². The first kappa shape index (κ1) is 15.0. The van der Waals surface area contributed by atoms with E-state index in [0.717, 1.165) is 30.3 Å². The molecule has 2 aliphatic rings. The molecule has 2 fully saturated rings. The quantitative estimate of drug-likeness (QED) is 0.906. The number of nitrogens with zero attached hydrogens (tertiary/aromatic N) is 2. The Kier molecular flexibility index (Phi) is 4.60. The van der Waals surface area contributed by atoms with Gasteiger partial charge in [0.25, 0.3) is 5.91 Å². The van der Waals surface area contributed by atoms with Gasteiger partial charge in [0.1, 0.15) is 5.69 Å². The summed E-state index contributed by atoms with van der Waals surface area (Å²) in [5.41, 5.74) is 0.539. The van der Waals surface area contributed by atoms with Crippen molar-refractivity contribution in [1.29, 1.82) is 0 Å². The highest BCUT2D eigenvalue weighted by atomic mass is 79.9. The topological polar surface area (TPSA) is 45.2 Å². The first-order valence-corrected chi connectivity index (χ1v) is 8.66. The number of fused-ring (bicyclic) bond motifs is 2. The smallest absolute Gasteiger partial charge is 0.273 e. The van der Waals surface area contributed by atoms with E-state index in [0.29, 0.717) is 23.8 Å². The van der Waals surface area contributed by atoms with Crippen molar-refractivity contribution in [2.75, 3.05) is 6.54 Å². The molecule has 0 saturated carbocycles. The number of nitrogens with one attached hydrogen (secondary N) is 1. The van der Waals surface area contributed by atoms with Crippen molar-refractivity contribution in [3.63, 3.8) is 0 Å². The summed E-state index contributed by atoms with van der Waals surface area (Å²) < 4.78 is 0.785. The van der Waals surface area contributed by atoms with Gasteiger partial charge in [-0.15, -0.1) is 0 Å². The van der Waals surface area contributed by atoms with E-state index in [1.54, 1.807) is 6.20 Å². The summed E-state index contributed by atoms with van der Waals surface area (Å²) in [4.78, 5) is 19.2. The van der Waals surface area contributed by atoms with Crippen molar-refractivity contribution in [1.82, 2.24) is 15.2 Å². The third-order valence-electron chi connectivity index (χ3n) is 4.58. The molecule has 2 atom stereocenters. The van der Waals surface area contributed by atoms with E-state index in [1.807, 2.05) is 12.1 Å². The number of pyridine rings is 1. The summed E-state index contributed by atoms with van der Waals surface area (Å²) in [6.07, 6.45) is 7.33. The second kappa shape index (κ2) is 6.44. The molecule has 114 valence electrons. The molecule has 0 aromatic carbocycles. The lowest BCUT2D eigenvalue weighted by Crippen LogP contribution is -2.50. The lowest BCUT2D eigenvalue weighted by molar-refractivity contribution is 0.0609. The molecule has 5 heteroatoms. The molecule has 1 aromatic rings. The van der Waals surface area contributed by atoms with Crippen molar-refractivity contribution in [3.05, 3.63) is 28.5 Å². The van der Waals surface area contributed by atoms with Crippen LogP contribution in [0.2, 0.25) is 0 Å². The number of carbonyl (C=O) groups excluding carboxylic acids is 1. The van der Waals surface area contributed by atoms with Gasteiger partial charge in [0.15, 0.2) is 0 Å². The fraction of sp³-hybridized carbons (Fsp3) is 0.625. The molecule has 21 heavy (non-hydrogen) atoms. The molecule has 2 unspecified atom stereocenters. The van der Waals surface area contributed by atoms with Crippen molar-refractivity contribution in [2.24, 2.45) is 0 Å². The van der Waals surface area contributed by atoms with Gasteiger partial charge in [0.2, 0.25) is 0 Å². The molecule has 1 aromatic heterocycles. The maximum absolute atomic E-state index is 12.9. The number of rotatable bonds is 4. The first-order chi connectivity index (χ1) is 10.2. The predicted molar refractivity (Wildman–Crippen MR) is 86.2 cm³/mol. The zero-order valence-corrected chi connectivity index (χ0v) is 14.0. The minimum atomic E-state index is 0.0654. The van der Waals surface area contributed by atoms with Crippen molar-refractivity contribution < 1.29 is 4.79 Å². The summed E-state index contributed by atoms with van der Waals surface area (Å²) in [5, 5.41) is 3.64. The van der Waals surface area contributed by atoms with Crippen LogP contribution in [0.4, 0.5) is 0 Å². The second-order valence-electron chi connectivity index (χ2n) is 6.10. The molecular formula is C16H22BrN3O. The van der Waals surface area contributed by atoms with E-state index < -0.39 is 0 Å². The third kappa shape index (κ3) is 3.14. The fourth-order valence-corrected chi connectivity index (χ4v) is 4.08. The number of hydrogen-bond donors (Lipinski definition) is 1. The van der Waals surface area contributed by atoms with E-state index in [4.69, 9.17) is 0 Å². The van der Waals surface area contributed by atoms with Gasteiger partial charge in [-0.2, -0.15) is 0 Å². The van der Waals surface area contributed by atoms with Gasteiger partial charge in [-0.3, -0.25) is 4.79 Å². The minimum absolute atomic E-state index is 0.0654. The second-order valence-corrected chi connectivity index (χ2v) is 6.95. The van der Waals surface area contributed by atoms with E-state index in [1.165, 1.54) is 12.8 Å². The molecule has 3 rings (SSSR count). The van der Waals surface area contributed by atoms with Gasteiger partial charge >= 0.3 is 0 Å². The molecule has 2 saturated heterocycles. The SMILES string of the molecule is CCCN(C(=O)c1ncccc1Br)C1CC2CCC(C1)N2. The van der Waals surface area contributed by atoms with Gasteiger partial charge < -0.3 is 10.2 Å². The largest absolute Gasteiger partial charge is 0.334 e. The summed E-state index contributed by atoms with van der Waals surface area (Å²) in [7, 11) is 0. The molecule has 2 aliphatic heterocycles. The lowest BCUT2D eigenvalue weighted by Gasteiger charge is -2.37. The Bertz CT molecular complexity index is 510. The van der Waals surface area contributed by atoms with Gasteiger partial charge in [0, 0.05) is 35.3 Å². The van der Waals surface area contributed by atoms with Crippen LogP contribution in [0.3, 0.4) is 0 Å². The maximum atomic E-state index is 12.9. The van der Waals surface area contributed by atoms with Crippen LogP contribution in [0, 0.1) is 0 Å². The molecular weight excluding hydrogens is 330 g/mol. The fourth-order valence-electron chi connectivity index (χ4n) is 3.65. The number of hydrogen-bond acceptors (Lipinski definition) is 3. The van der Waals surface area contributed by atoms with Crippen LogP contribution < -0.4 is 5.32 Å². The maximum Gasteiger partial charge on any atom is 0.273 e.